The van der Waals surface area contributed by atoms with Crippen LogP contribution in [0.4, 0.5) is 5.82 Å². The zero-order valence-corrected chi connectivity index (χ0v) is 18.4. The average molecular weight is 441 g/mol. The van der Waals surface area contributed by atoms with Crippen molar-refractivity contribution in [1.29, 1.82) is 5.26 Å². The van der Waals surface area contributed by atoms with Crippen LogP contribution in [0.3, 0.4) is 0 Å². The van der Waals surface area contributed by atoms with Gasteiger partial charge in [0.2, 0.25) is 5.91 Å². The van der Waals surface area contributed by atoms with Crippen LogP contribution in [0.25, 0.3) is 0 Å². The lowest BCUT2D eigenvalue weighted by molar-refractivity contribution is -0.117. The van der Waals surface area contributed by atoms with Crippen molar-refractivity contribution < 1.29 is 4.79 Å². The number of hydrogen-bond donors (Lipinski definition) is 3. The summed E-state index contributed by atoms with van der Waals surface area (Å²) in [6.07, 6.45) is 7.79. The van der Waals surface area contributed by atoms with Crippen molar-refractivity contribution in [2.24, 2.45) is 11.7 Å². The zero-order valence-electron chi connectivity index (χ0n) is 17.6. The molecule has 1 amide bonds. The standard InChI is InChI=1S/C23H29ClN6O/c24-19-5-1-16(2-6-19)14-27-20-7-9-23(10-8-20,11-12-25)30-15-18(13-26)21(29-30)28-22(31)17-3-4-17/h1-2,5-6,15,17,20,27H,3-4,7-11,13-14,26H2,(H,28,29,31). The number of nitrogens with zero attached hydrogens (tertiary/aromatic N) is 3. The summed E-state index contributed by atoms with van der Waals surface area (Å²) >= 11 is 5.96. The molecule has 2 aliphatic rings. The van der Waals surface area contributed by atoms with Gasteiger partial charge >= 0.3 is 0 Å². The molecule has 2 fully saturated rings. The Morgan fingerprint density at radius 1 is 1.26 bits per heavy atom. The molecule has 2 aliphatic carbocycles. The Morgan fingerprint density at radius 2 is 1.97 bits per heavy atom. The van der Waals surface area contributed by atoms with Crippen molar-refractivity contribution in [2.75, 3.05) is 5.32 Å². The van der Waals surface area contributed by atoms with Gasteiger partial charge in [0.25, 0.3) is 0 Å². The van der Waals surface area contributed by atoms with Gasteiger partial charge in [-0.15, -0.1) is 0 Å². The number of nitriles is 1. The van der Waals surface area contributed by atoms with Gasteiger partial charge in [-0.05, 0) is 56.2 Å². The van der Waals surface area contributed by atoms with E-state index in [0.29, 0.717) is 24.8 Å². The first kappa shape index (κ1) is 21.8. The Bertz CT molecular complexity index is 951. The molecule has 8 heteroatoms. The second kappa shape index (κ2) is 9.39. The van der Waals surface area contributed by atoms with Gasteiger partial charge in [0.05, 0.1) is 18.0 Å². The van der Waals surface area contributed by atoms with Crippen molar-refractivity contribution in [2.45, 2.75) is 69.6 Å². The summed E-state index contributed by atoms with van der Waals surface area (Å²) in [5.74, 6) is 0.662. The molecule has 7 nitrogen and oxygen atoms in total. The van der Waals surface area contributed by atoms with Crippen LogP contribution in [0.15, 0.2) is 30.5 Å². The predicted octanol–water partition coefficient (Wildman–Crippen LogP) is 3.69. The highest BCUT2D eigenvalue weighted by Gasteiger charge is 2.38. The Kier molecular flexibility index (Phi) is 6.61. The second-order valence-electron chi connectivity index (χ2n) is 8.76. The van der Waals surface area contributed by atoms with Crippen molar-refractivity contribution >= 4 is 23.3 Å². The number of halogens is 1. The minimum Gasteiger partial charge on any atom is -0.326 e. The number of benzene rings is 1. The lowest BCUT2D eigenvalue weighted by Gasteiger charge is -2.39. The van der Waals surface area contributed by atoms with Crippen LogP contribution in [0.2, 0.25) is 5.02 Å². The molecule has 0 bridgehead atoms. The lowest BCUT2D eigenvalue weighted by atomic mass is 9.77. The molecule has 2 aromatic rings. The molecule has 1 aromatic carbocycles. The maximum absolute atomic E-state index is 12.2. The normalized spacial score (nSPS) is 23.3. The van der Waals surface area contributed by atoms with E-state index in [-0.39, 0.29) is 17.4 Å². The van der Waals surface area contributed by atoms with Crippen LogP contribution >= 0.6 is 11.6 Å². The van der Waals surface area contributed by atoms with Crippen LogP contribution in [0.1, 0.15) is 56.1 Å². The fraction of sp³-hybridized carbons (Fsp3) is 0.522. The Hall–Kier alpha value is -2.40. The highest BCUT2D eigenvalue weighted by atomic mass is 35.5. The van der Waals surface area contributed by atoms with Gasteiger partial charge in [-0.3, -0.25) is 9.48 Å². The van der Waals surface area contributed by atoms with Crippen LogP contribution in [-0.4, -0.2) is 21.7 Å². The van der Waals surface area contributed by atoms with E-state index in [1.54, 1.807) is 0 Å². The third-order valence-electron chi connectivity index (χ3n) is 6.52. The van der Waals surface area contributed by atoms with E-state index in [0.717, 1.165) is 55.7 Å². The summed E-state index contributed by atoms with van der Waals surface area (Å²) in [7, 11) is 0. The summed E-state index contributed by atoms with van der Waals surface area (Å²) in [5, 5.41) is 21.5. The van der Waals surface area contributed by atoms with Gasteiger partial charge in [-0.1, -0.05) is 23.7 Å². The Labute approximate surface area is 187 Å². The number of nitrogens with one attached hydrogen (secondary N) is 2. The Morgan fingerprint density at radius 3 is 2.58 bits per heavy atom. The number of hydrogen-bond acceptors (Lipinski definition) is 5. The van der Waals surface area contributed by atoms with Gasteiger partial charge in [0, 0.05) is 41.8 Å². The first-order valence-corrected chi connectivity index (χ1v) is 11.4. The molecule has 0 unspecified atom stereocenters. The SMILES string of the molecule is N#CCC1(n2cc(CN)c(NC(=O)C3CC3)n2)CCC(NCc2ccc(Cl)cc2)CC1. The predicted molar refractivity (Wildman–Crippen MR) is 120 cm³/mol. The van der Waals surface area contributed by atoms with Crippen LogP contribution in [-0.2, 0) is 23.4 Å². The van der Waals surface area contributed by atoms with Gasteiger partial charge < -0.3 is 16.4 Å². The number of anilines is 1. The minimum atomic E-state index is -0.361. The molecular formula is C23H29ClN6O. The lowest BCUT2D eigenvalue weighted by Crippen LogP contribution is -2.43. The smallest absolute Gasteiger partial charge is 0.228 e. The molecule has 0 spiro atoms. The van der Waals surface area contributed by atoms with Crippen molar-refractivity contribution in [3.05, 3.63) is 46.6 Å². The van der Waals surface area contributed by atoms with E-state index >= 15 is 0 Å². The number of carbonyl (C=O) groups excluding carboxylic acids is 1. The fourth-order valence-electron chi connectivity index (χ4n) is 4.33. The molecule has 1 heterocycles. The van der Waals surface area contributed by atoms with Crippen LogP contribution in [0, 0.1) is 17.2 Å². The first-order chi connectivity index (χ1) is 15.0. The fourth-order valence-corrected chi connectivity index (χ4v) is 4.46. The molecule has 1 aromatic heterocycles. The van der Waals surface area contributed by atoms with Gasteiger partial charge in [0.1, 0.15) is 0 Å². The molecule has 0 aliphatic heterocycles. The maximum atomic E-state index is 12.2. The summed E-state index contributed by atoms with van der Waals surface area (Å²) in [5.41, 5.74) is 7.57. The quantitative estimate of drug-likeness (QED) is 0.580. The summed E-state index contributed by atoms with van der Waals surface area (Å²) in [4.78, 5) is 12.2. The molecular weight excluding hydrogens is 412 g/mol. The number of carbonyl (C=O) groups is 1. The Balaban J connectivity index is 1.42. The van der Waals surface area contributed by atoms with Gasteiger partial charge in [0.15, 0.2) is 5.82 Å². The van der Waals surface area contributed by atoms with Crippen molar-refractivity contribution in [3.8, 4) is 6.07 Å². The number of rotatable bonds is 8. The van der Waals surface area contributed by atoms with E-state index in [1.807, 2.05) is 35.1 Å². The van der Waals surface area contributed by atoms with Crippen molar-refractivity contribution in [1.82, 2.24) is 15.1 Å². The zero-order chi connectivity index (χ0) is 21.8. The maximum Gasteiger partial charge on any atom is 0.228 e. The van der Waals surface area contributed by atoms with E-state index in [1.165, 1.54) is 5.56 Å². The third-order valence-corrected chi connectivity index (χ3v) is 6.77. The number of aromatic nitrogens is 2. The number of amides is 1. The topological polar surface area (TPSA) is 109 Å². The van der Waals surface area contributed by atoms with Crippen LogP contribution in [0.5, 0.6) is 0 Å². The monoisotopic (exact) mass is 440 g/mol. The molecule has 0 atom stereocenters. The third kappa shape index (κ3) is 5.09. The molecule has 0 radical (unpaired) electrons. The minimum absolute atomic E-state index is 0.0180. The molecule has 4 N–H and O–H groups in total. The second-order valence-corrected chi connectivity index (χ2v) is 9.19. The molecule has 0 saturated heterocycles. The molecule has 2 saturated carbocycles. The molecule has 164 valence electrons. The van der Waals surface area contributed by atoms with Gasteiger partial charge in [-0.25, -0.2) is 0 Å². The van der Waals surface area contributed by atoms with Gasteiger partial charge in [-0.2, -0.15) is 10.4 Å². The largest absolute Gasteiger partial charge is 0.326 e. The first-order valence-electron chi connectivity index (χ1n) is 11.0. The van der Waals surface area contributed by atoms with E-state index in [9.17, 15) is 10.1 Å². The van der Waals surface area contributed by atoms with E-state index in [4.69, 9.17) is 22.4 Å². The average Bonchev–Trinajstić information content (AvgIpc) is 3.55. The van der Waals surface area contributed by atoms with E-state index in [2.05, 4.69) is 16.7 Å². The summed E-state index contributed by atoms with van der Waals surface area (Å²) < 4.78 is 1.90. The highest BCUT2D eigenvalue weighted by molar-refractivity contribution is 6.30. The van der Waals surface area contributed by atoms with Crippen LogP contribution < -0.4 is 16.4 Å². The summed E-state index contributed by atoms with van der Waals surface area (Å²) in [6.45, 7) is 1.09. The highest BCUT2D eigenvalue weighted by Crippen LogP contribution is 2.39. The summed E-state index contributed by atoms with van der Waals surface area (Å²) in [6, 6.07) is 10.6. The molecule has 31 heavy (non-hydrogen) atoms. The molecule has 4 rings (SSSR count). The van der Waals surface area contributed by atoms with Crippen molar-refractivity contribution in [3.63, 3.8) is 0 Å². The number of nitrogens with two attached hydrogens (primary N) is 1. The van der Waals surface area contributed by atoms with E-state index < -0.39 is 0 Å².